The quantitative estimate of drug-likeness (QED) is 0.919. The average molecular weight is 315 g/mol. The van der Waals surface area contributed by atoms with E-state index in [0.29, 0.717) is 30.6 Å². The molecule has 2 rings (SSSR count). The van der Waals surface area contributed by atoms with Gasteiger partial charge in [0.15, 0.2) is 0 Å². The number of urea groups is 1. The van der Waals surface area contributed by atoms with Crippen LogP contribution in [0, 0.1) is 11.7 Å². The zero-order chi connectivity index (χ0) is 15.4. The van der Waals surface area contributed by atoms with Crippen molar-refractivity contribution in [3.63, 3.8) is 0 Å². The number of rotatable bonds is 4. The van der Waals surface area contributed by atoms with Gasteiger partial charge in [0.25, 0.3) is 0 Å². The van der Waals surface area contributed by atoms with Crippen LogP contribution in [0.5, 0.6) is 0 Å². The smallest absolute Gasteiger partial charge is 0.321 e. The number of hydrogen-bond donors (Lipinski definition) is 1. The molecule has 1 saturated heterocycles. The van der Waals surface area contributed by atoms with E-state index in [0.717, 1.165) is 6.42 Å². The van der Waals surface area contributed by atoms with E-state index in [1.54, 1.807) is 4.90 Å². The summed E-state index contributed by atoms with van der Waals surface area (Å²) < 4.78 is 18.9. The number of likely N-dealkylation sites (tertiary alicyclic amines) is 1. The van der Waals surface area contributed by atoms with Crippen LogP contribution in [0.15, 0.2) is 18.2 Å². The summed E-state index contributed by atoms with van der Waals surface area (Å²) in [4.78, 5) is 13.8. The van der Waals surface area contributed by atoms with E-state index in [9.17, 15) is 9.18 Å². The summed E-state index contributed by atoms with van der Waals surface area (Å²) in [7, 11) is 0. The van der Waals surface area contributed by atoms with Crippen molar-refractivity contribution in [3.8, 4) is 0 Å². The highest BCUT2D eigenvalue weighted by Crippen LogP contribution is 2.23. The first-order valence-corrected chi connectivity index (χ1v) is 7.46. The first kappa shape index (κ1) is 16.0. The van der Waals surface area contributed by atoms with Crippen molar-refractivity contribution in [1.29, 1.82) is 0 Å². The fraction of sp³-hybridized carbons (Fsp3) is 0.533. The van der Waals surface area contributed by atoms with Crippen LogP contribution < -0.4 is 5.32 Å². The van der Waals surface area contributed by atoms with Gasteiger partial charge in [-0.1, -0.05) is 25.4 Å². The molecule has 1 fully saturated rings. The van der Waals surface area contributed by atoms with Crippen molar-refractivity contribution in [2.75, 3.05) is 25.0 Å². The fourth-order valence-electron chi connectivity index (χ4n) is 2.16. The summed E-state index contributed by atoms with van der Waals surface area (Å²) >= 11 is 5.94. The van der Waals surface area contributed by atoms with Gasteiger partial charge in [0.2, 0.25) is 0 Å². The van der Waals surface area contributed by atoms with Gasteiger partial charge in [-0.15, -0.1) is 0 Å². The zero-order valence-corrected chi connectivity index (χ0v) is 13.0. The van der Waals surface area contributed by atoms with Gasteiger partial charge in [0.1, 0.15) is 5.82 Å². The largest absolute Gasteiger partial charge is 0.376 e. The molecule has 4 nitrogen and oxygen atoms in total. The van der Waals surface area contributed by atoms with E-state index >= 15 is 0 Å². The normalized spacial score (nSPS) is 18.3. The number of benzene rings is 1. The van der Waals surface area contributed by atoms with E-state index in [4.69, 9.17) is 16.3 Å². The molecule has 0 saturated carbocycles. The summed E-state index contributed by atoms with van der Waals surface area (Å²) in [6, 6.07) is 3.61. The maximum atomic E-state index is 13.2. The Hall–Kier alpha value is -1.33. The Balaban J connectivity index is 1.88. The molecule has 0 radical (unpaired) electrons. The molecule has 1 heterocycles. The fourth-order valence-corrected chi connectivity index (χ4v) is 2.33. The predicted octanol–water partition coefficient (Wildman–Crippen LogP) is 3.76. The molecule has 1 N–H and O–H groups in total. The van der Waals surface area contributed by atoms with Gasteiger partial charge in [0.05, 0.1) is 16.8 Å². The Kier molecular flexibility index (Phi) is 5.42. The van der Waals surface area contributed by atoms with Crippen molar-refractivity contribution < 1.29 is 13.9 Å². The first-order chi connectivity index (χ1) is 9.95. The molecule has 1 aliphatic rings. The lowest BCUT2D eigenvalue weighted by Gasteiger charge is -2.18. The Morgan fingerprint density at radius 3 is 3.05 bits per heavy atom. The molecule has 1 aromatic rings. The Labute approximate surface area is 129 Å². The second kappa shape index (κ2) is 7.09. The molecular formula is C15H20ClFN2O2. The number of nitrogens with zero attached hydrogens (tertiary/aromatic N) is 1. The molecule has 0 bridgehead atoms. The lowest BCUT2D eigenvalue weighted by molar-refractivity contribution is 0.0440. The molecule has 0 aliphatic carbocycles. The summed E-state index contributed by atoms with van der Waals surface area (Å²) in [6.07, 6.45) is 0.887. The van der Waals surface area contributed by atoms with Crippen LogP contribution in [-0.4, -0.2) is 36.7 Å². The minimum Gasteiger partial charge on any atom is -0.376 e. The number of ether oxygens (including phenoxy) is 1. The summed E-state index contributed by atoms with van der Waals surface area (Å²) in [6.45, 7) is 6.04. The average Bonchev–Trinajstić information content (AvgIpc) is 2.89. The Morgan fingerprint density at radius 1 is 1.57 bits per heavy atom. The Bertz CT molecular complexity index is 510. The standard InChI is InChI=1S/C15H20ClFN2O2/c1-10(2)9-21-12-5-6-19(8-12)15(20)18-14-7-11(17)3-4-13(14)16/h3-4,7,10,12H,5-6,8-9H2,1-2H3,(H,18,20)/t12-/m0/s1. The molecule has 6 heteroatoms. The lowest BCUT2D eigenvalue weighted by atomic mass is 10.2. The molecule has 1 atom stereocenters. The third kappa shape index (κ3) is 4.58. The predicted molar refractivity (Wildman–Crippen MR) is 81.2 cm³/mol. The second-order valence-electron chi connectivity index (χ2n) is 5.64. The number of carbonyl (C=O) groups is 1. The molecule has 0 unspecified atom stereocenters. The van der Waals surface area contributed by atoms with Gasteiger partial charge in [-0.25, -0.2) is 9.18 Å². The minimum absolute atomic E-state index is 0.0705. The van der Waals surface area contributed by atoms with Crippen LogP contribution in [0.1, 0.15) is 20.3 Å². The molecule has 1 aromatic carbocycles. The van der Waals surface area contributed by atoms with Crippen LogP contribution in [0.4, 0.5) is 14.9 Å². The van der Waals surface area contributed by atoms with Crippen LogP contribution in [-0.2, 0) is 4.74 Å². The SMILES string of the molecule is CC(C)CO[C@H]1CCN(C(=O)Nc2cc(F)ccc2Cl)C1. The summed E-state index contributed by atoms with van der Waals surface area (Å²) in [5.41, 5.74) is 0.285. The molecule has 2 amide bonds. The van der Waals surface area contributed by atoms with Gasteiger partial charge in [-0.3, -0.25) is 0 Å². The highest BCUT2D eigenvalue weighted by atomic mass is 35.5. The molecule has 1 aliphatic heterocycles. The maximum Gasteiger partial charge on any atom is 0.321 e. The van der Waals surface area contributed by atoms with Crippen molar-refractivity contribution in [1.82, 2.24) is 4.90 Å². The second-order valence-corrected chi connectivity index (χ2v) is 6.05. The van der Waals surface area contributed by atoms with Gasteiger partial charge >= 0.3 is 6.03 Å². The Morgan fingerprint density at radius 2 is 2.33 bits per heavy atom. The van der Waals surface area contributed by atoms with Gasteiger partial charge in [-0.2, -0.15) is 0 Å². The number of halogens is 2. The van der Waals surface area contributed by atoms with E-state index in [-0.39, 0.29) is 17.8 Å². The summed E-state index contributed by atoms with van der Waals surface area (Å²) in [5.74, 6) is 0.0354. The van der Waals surface area contributed by atoms with Gasteiger partial charge in [-0.05, 0) is 30.5 Å². The third-order valence-corrected chi connectivity index (χ3v) is 3.60. The lowest BCUT2D eigenvalue weighted by Crippen LogP contribution is -2.34. The monoisotopic (exact) mass is 314 g/mol. The van der Waals surface area contributed by atoms with E-state index in [1.165, 1.54) is 18.2 Å². The highest BCUT2D eigenvalue weighted by molar-refractivity contribution is 6.33. The van der Waals surface area contributed by atoms with E-state index in [1.807, 2.05) is 0 Å². The topological polar surface area (TPSA) is 41.6 Å². The van der Waals surface area contributed by atoms with Crippen molar-refractivity contribution >= 4 is 23.3 Å². The number of nitrogens with one attached hydrogen (secondary N) is 1. The van der Waals surface area contributed by atoms with Crippen LogP contribution in [0.25, 0.3) is 0 Å². The first-order valence-electron chi connectivity index (χ1n) is 7.08. The number of hydrogen-bond acceptors (Lipinski definition) is 2. The highest BCUT2D eigenvalue weighted by Gasteiger charge is 2.27. The van der Waals surface area contributed by atoms with Crippen LogP contribution >= 0.6 is 11.6 Å². The zero-order valence-electron chi connectivity index (χ0n) is 12.2. The number of amides is 2. The molecule has 0 spiro atoms. The third-order valence-electron chi connectivity index (χ3n) is 3.27. The number of carbonyl (C=O) groups excluding carboxylic acids is 1. The minimum atomic E-state index is -0.436. The molecule has 0 aromatic heterocycles. The molecule has 116 valence electrons. The summed E-state index contributed by atoms with van der Waals surface area (Å²) in [5, 5.41) is 2.95. The van der Waals surface area contributed by atoms with Crippen molar-refractivity contribution in [3.05, 3.63) is 29.0 Å². The van der Waals surface area contributed by atoms with E-state index in [2.05, 4.69) is 19.2 Å². The molecule has 21 heavy (non-hydrogen) atoms. The van der Waals surface area contributed by atoms with Gasteiger partial charge in [0, 0.05) is 19.7 Å². The van der Waals surface area contributed by atoms with Crippen LogP contribution in [0.2, 0.25) is 5.02 Å². The molecular weight excluding hydrogens is 295 g/mol. The van der Waals surface area contributed by atoms with Crippen molar-refractivity contribution in [2.24, 2.45) is 5.92 Å². The van der Waals surface area contributed by atoms with Crippen LogP contribution in [0.3, 0.4) is 0 Å². The number of anilines is 1. The van der Waals surface area contributed by atoms with Gasteiger partial charge < -0.3 is 15.0 Å². The van der Waals surface area contributed by atoms with E-state index < -0.39 is 5.82 Å². The van der Waals surface area contributed by atoms with Crippen molar-refractivity contribution in [2.45, 2.75) is 26.4 Å². The maximum absolute atomic E-state index is 13.2.